The molecule has 0 bridgehead atoms. The molecule has 2 saturated heterocycles. The number of guanidine groups is 1. The molecule has 1 aromatic carbocycles. The first-order chi connectivity index (χ1) is 14.8. The van der Waals surface area contributed by atoms with Crippen LogP contribution < -0.4 is 5.32 Å². The highest BCUT2D eigenvalue weighted by Gasteiger charge is 2.24. The van der Waals surface area contributed by atoms with Crippen LogP contribution in [0.25, 0.3) is 10.9 Å². The third kappa shape index (κ3) is 6.83. The van der Waals surface area contributed by atoms with E-state index >= 15 is 0 Å². The Kier molecular flexibility index (Phi) is 9.93. The number of para-hydroxylation sites is 1. The van der Waals surface area contributed by atoms with Crippen LogP contribution in [0.2, 0.25) is 0 Å². The first-order valence-corrected chi connectivity index (χ1v) is 11.6. The highest BCUT2D eigenvalue weighted by atomic mass is 127. The molecule has 4 rings (SSSR count). The minimum atomic E-state index is 0. The number of ether oxygens (including phenoxy) is 2. The molecule has 2 aliphatic rings. The molecule has 2 aliphatic heterocycles. The van der Waals surface area contributed by atoms with Gasteiger partial charge in [-0.3, -0.25) is 4.99 Å². The van der Waals surface area contributed by atoms with Crippen LogP contribution in [0.15, 0.2) is 35.5 Å². The molecule has 0 spiro atoms. The summed E-state index contributed by atoms with van der Waals surface area (Å²) >= 11 is 0. The van der Waals surface area contributed by atoms with Gasteiger partial charge in [0.2, 0.25) is 0 Å². The quantitative estimate of drug-likeness (QED) is 0.226. The molecule has 172 valence electrons. The van der Waals surface area contributed by atoms with Crippen LogP contribution in [-0.4, -0.2) is 67.4 Å². The van der Waals surface area contributed by atoms with Crippen molar-refractivity contribution in [3.63, 3.8) is 0 Å². The van der Waals surface area contributed by atoms with Crippen molar-refractivity contribution in [3.05, 3.63) is 36.0 Å². The van der Waals surface area contributed by atoms with Crippen LogP contribution >= 0.6 is 24.0 Å². The topological polar surface area (TPSA) is 61.9 Å². The lowest BCUT2D eigenvalue weighted by molar-refractivity contribution is -0.0367. The second-order valence-corrected chi connectivity index (χ2v) is 8.35. The van der Waals surface area contributed by atoms with Gasteiger partial charge in [-0.05, 0) is 57.1 Å². The van der Waals surface area contributed by atoms with Gasteiger partial charge in [0.05, 0.1) is 18.8 Å². The first-order valence-electron chi connectivity index (χ1n) is 11.6. The standard InChI is InChI=1S/C24H36N4O2.HI/c1-2-25-24(26-13-5-7-19-17-27-23-10-4-3-9-22(19)23)28-14-11-20(12-15-28)30-18-21-8-6-16-29-21;/h3-4,9-10,17,20-21,27H,2,5-8,11-16,18H2,1H3,(H,25,26);1H. The van der Waals surface area contributed by atoms with Crippen LogP contribution in [-0.2, 0) is 15.9 Å². The zero-order valence-corrected chi connectivity index (χ0v) is 21.0. The van der Waals surface area contributed by atoms with Crippen molar-refractivity contribution < 1.29 is 9.47 Å². The number of benzene rings is 1. The molecule has 1 aromatic heterocycles. The summed E-state index contributed by atoms with van der Waals surface area (Å²) in [5.41, 5.74) is 2.60. The number of H-pyrrole nitrogens is 1. The van der Waals surface area contributed by atoms with E-state index in [0.29, 0.717) is 12.2 Å². The largest absolute Gasteiger partial charge is 0.376 e. The van der Waals surface area contributed by atoms with Crippen LogP contribution in [0.5, 0.6) is 0 Å². The van der Waals surface area contributed by atoms with Gasteiger partial charge in [0, 0.05) is 49.9 Å². The number of hydrogen-bond acceptors (Lipinski definition) is 3. The molecule has 1 atom stereocenters. The number of aromatic nitrogens is 1. The van der Waals surface area contributed by atoms with E-state index in [0.717, 1.165) is 77.5 Å². The van der Waals surface area contributed by atoms with Crippen molar-refractivity contribution in [2.75, 3.05) is 39.4 Å². The Hall–Kier alpha value is -1.32. The number of likely N-dealkylation sites (tertiary alicyclic amines) is 1. The average Bonchev–Trinajstić information content (AvgIpc) is 3.45. The molecule has 2 N–H and O–H groups in total. The maximum absolute atomic E-state index is 6.12. The van der Waals surface area contributed by atoms with Gasteiger partial charge in [0.15, 0.2) is 5.96 Å². The van der Waals surface area contributed by atoms with E-state index in [2.05, 4.69) is 52.6 Å². The van der Waals surface area contributed by atoms with E-state index in [-0.39, 0.29) is 24.0 Å². The summed E-state index contributed by atoms with van der Waals surface area (Å²) in [6.07, 6.45) is 9.36. The lowest BCUT2D eigenvalue weighted by atomic mass is 10.1. The van der Waals surface area contributed by atoms with E-state index < -0.39 is 0 Å². The average molecular weight is 540 g/mol. The molecule has 6 nitrogen and oxygen atoms in total. The molecule has 0 radical (unpaired) electrons. The highest BCUT2D eigenvalue weighted by Crippen LogP contribution is 2.20. The third-order valence-electron chi connectivity index (χ3n) is 6.16. The molecular weight excluding hydrogens is 503 g/mol. The van der Waals surface area contributed by atoms with E-state index in [1.165, 1.54) is 22.9 Å². The fraction of sp³-hybridized carbons (Fsp3) is 0.625. The molecule has 3 heterocycles. The van der Waals surface area contributed by atoms with Crippen LogP contribution in [0.4, 0.5) is 0 Å². The zero-order valence-electron chi connectivity index (χ0n) is 18.6. The number of aromatic amines is 1. The monoisotopic (exact) mass is 540 g/mol. The highest BCUT2D eigenvalue weighted by molar-refractivity contribution is 14.0. The molecule has 31 heavy (non-hydrogen) atoms. The van der Waals surface area contributed by atoms with Gasteiger partial charge in [-0.2, -0.15) is 0 Å². The minimum absolute atomic E-state index is 0. The molecule has 7 heteroatoms. The Labute approximate surface area is 203 Å². The van der Waals surface area contributed by atoms with E-state index in [4.69, 9.17) is 14.5 Å². The molecule has 2 fully saturated rings. The predicted molar refractivity (Wildman–Crippen MR) is 138 cm³/mol. The molecule has 0 aliphatic carbocycles. The fourth-order valence-corrected chi connectivity index (χ4v) is 4.47. The zero-order chi connectivity index (χ0) is 20.6. The third-order valence-corrected chi connectivity index (χ3v) is 6.16. The molecule has 2 aromatic rings. The van der Waals surface area contributed by atoms with E-state index in [1.54, 1.807) is 0 Å². The van der Waals surface area contributed by atoms with Gasteiger partial charge < -0.3 is 24.7 Å². The summed E-state index contributed by atoms with van der Waals surface area (Å²) < 4.78 is 11.8. The maximum atomic E-state index is 6.12. The smallest absolute Gasteiger partial charge is 0.193 e. The second kappa shape index (κ2) is 12.6. The van der Waals surface area contributed by atoms with Crippen LogP contribution in [0, 0.1) is 0 Å². The van der Waals surface area contributed by atoms with Crippen LogP contribution in [0.1, 0.15) is 44.6 Å². The van der Waals surface area contributed by atoms with Gasteiger partial charge in [0.25, 0.3) is 0 Å². The van der Waals surface area contributed by atoms with Crippen molar-refractivity contribution in [2.45, 2.75) is 57.7 Å². The van der Waals surface area contributed by atoms with E-state index in [9.17, 15) is 0 Å². The van der Waals surface area contributed by atoms with Gasteiger partial charge in [-0.15, -0.1) is 24.0 Å². The number of piperidine rings is 1. The minimum Gasteiger partial charge on any atom is -0.376 e. The number of aliphatic imine (C=N–C) groups is 1. The Bertz CT molecular complexity index is 811. The van der Waals surface area contributed by atoms with Gasteiger partial charge in [-0.1, -0.05) is 18.2 Å². The lowest BCUT2D eigenvalue weighted by Gasteiger charge is -2.34. The van der Waals surface area contributed by atoms with Crippen molar-refractivity contribution in [1.82, 2.24) is 15.2 Å². The van der Waals surface area contributed by atoms with Crippen LogP contribution in [0.3, 0.4) is 0 Å². The summed E-state index contributed by atoms with van der Waals surface area (Å²) in [4.78, 5) is 10.7. The number of nitrogens with zero attached hydrogens (tertiary/aromatic N) is 2. The summed E-state index contributed by atoms with van der Waals surface area (Å²) in [5, 5.41) is 4.81. The molecule has 0 saturated carbocycles. The molecule has 0 amide bonds. The summed E-state index contributed by atoms with van der Waals surface area (Å²) in [7, 11) is 0. The Balaban J connectivity index is 0.00000272. The lowest BCUT2D eigenvalue weighted by Crippen LogP contribution is -2.47. The second-order valence-electron chi connectivity index (χ2n) is 8.35. The summed E-state index contributed by atoms with van der Waals surface area (Å²) in [5.74, 6) is 1.05. The number of fused-ring (bicyclic) bond motifs is 1. The Morgan fingerprint density at radius 1 is 1.26 bits per heavy atom. The summed E-state index contributed by atoms with van der Waals surface area (Å²) in [6, 6.07) is 8.51. The predicted octanol–water partition coefficient (Wildman–Crippen LogP) is 4.34. The number of aryl methyl sites for hydroxylation is 1. The number of halogens is 1. The van der Waals surface area contributed by atoms with E-state index in [1.807, 2.05) is 0 Å². The number of hydrogen-bond donors (Lipinski definition) is 2. The Morgan fingerprint density at radius 2 is 2.10 bits per heavy atom. The van der Waals surface area contributed by atoms with Crippen molar-refractivity contribution >= 4 is 40.8 Å². The SMILES string of the molecule is CCNC(=NCCCc1c[nH]c2ccccc12)N1CCC(OCC2CCCO2)CC1.I. The molecule has 1 unspecified atom stereocenters. The maximum Gasteiger partial charge on any atom is 0.193 e. The molecular formula is C24H37IN4O2. The fourth-order valence-electron chi connectivity index (χ4n) is 4.47. The van der Waals surface area contributed by atoms with Crippen molar-refractivity contribution in [3.8, 4) is 0 Å². The summed E-state index contributed by atoms with van der Waals surface area (Å²) in [6.45, 7) is 7.55. The van der Waals surface area contributed by atoms with Crippen molar-refractivity contribution in [1.29, 1.82) is 0 Å². The first kappa shape index (κ1) is 24.3. The number of nitrogens with one attached hydrogen (secondary N) is 2. The van der Waals surface area contributed by atoms with Crippen molar-refractivity contribution in [2.24, 2.45) is 4.99 Å². The normalized spacial score (nSPS) is 20.2. The number of rotatable bonds is 8. The van der Waals surface area contributed by atoms with Gasteiger partial charge in [0.1, 0.15) is 0 Å². The van der Waals surface area contributed by atoms with Gasteiger partial charge >= 0.3 is 0 Å². The Morgan fingerprint density at radius 3 is 2.87 bits per heavy atom. The van der Waals surface area contributed by atoms with Gasteiger partial charge in [-0.25, -0.2) is 0 Å².